The van der Waals surface area contributed by atoms with Crippen molar-refractivity contribution in [2.75, 3.05) is 12.3 Å². The minimum atomic E-state index is -0.484. The number of hydrogen-bond acceptors (Lipinski definition) is 4. The van der Waals surface area contributed by atoms with E-state index >= 15 is 0 Å². The van der Waals surface area contributed by atoms with E-state index in [-0.39, 0.29) is 5.12 Å². The van der Waals surface area contributed by atoms with Crippen molar-refractivity contribution in [2.45, 2.75) is 32.8 Å². The van der Waals surface area contributed by atoms with E-state index in [0.29, 0.717) is 17.9 Å². The first-order valence-corrected chi connectivity index (χ1v) is 7.56. The lowest BCUT2D eigenvalue weighted by atomic mass is 10.2. The highest BCUT2D eigenvalue weighted by Gasteiger charge is 2.15. The molecule has 1 amide bonds. The fourth-order valence-corrected chi connectivity index (χ4v) is 2.18. The summed E-state index contributed by atoms with van der Waals surface area (Å²) in [6.07, 6.45) is 0.305. The lowest BCUT2D eigenvalue weighted by Gasteiger charge is -2.19. The first-order valence-electron chi connectivity index (χ1n) is 6.57. The zero-order valence-electron chi connectivity index (χ0n) is 12.1. The van der Waals surface area contributed by atoms with Crippen LogP contribution in [-0.4, -0.2) is 29.1 Å². The molecule has 1 N–H and O–H groups in total. The molecule has 0 saturated heterocycles. The van der Waals surface area contributed by atoms with Gasteiger partial charge in [0.1, 0.15) is 5.60 Å². The van der Waals surface area contributed by atoms with Crippen LogP contribution in [0.2, 0.25) is 0 Å². The van der Waals surface area contributed by atoms with Crippen molar-refractivity contribution in [3.63, 3.8) is 0 Å². The molecule has 5 heteroatoms. The molecule has 0 fully saturated rings. The van der Waals surface area contributed by atoms with Crippen LogP contribution in [0.1, 0.15) is 37.6 Å². The van der Waals surface area contributed by atoms with Gasteiger partial charge in [0.25, 0.3) is 0 Å². The maximum absolute atomic E-state index is 11.8. The predicted octanol–water partition coefficient (Wildman–Crippen LogP) is 3.47. The first-order chi connectivity index (χ1) is 9.38. The van der Waals surface area contributed by atoms with E-state index in [9.17, 15) is 9.59 Å². The third kappa shape index (κ3) is 7.19. The van der Waals surface area contributed by atoms with E-state index < -0.39 is 11.7 Å². The number of alkyl carbamates (subject to hydrolysis) is 1. The van der Waals surface area contributed by atoms with Crippen LogP contribution in [0.5, 0.6) is 0 Å². The van der Waals surface area contributed by atoms with Crippen LogP contribution in [-0.2, 0) is 4.74 Å². The molecule has 0 aliphatic heterocycles. The Balaban J connectivity index is 2.14. The van der Waals surface area contributed by atoms with E-state index in [1.807, 2.05) is 39.0 Å². The first kappa shape index (κ1) is 16.6. The minimum absolute atomic E-state index is 0.0582. The van der Waals surface area contributed by atoms with Gasteiger partial charge in [0.2, 0.25) is 5.12 Å². The number of rotatable bonds is 5. The van der Waals surface area contributed by atoms with E-state index in [1.54, 1.807) is 12.1 Å². The van der Waals surface area contributed by atoms with Gasteiger partial charge >= 0.3 is 6.09 Å². The lowest BCUT2D eigenvalue weighted by molar-refractivity contribution is 0.0528. The number of nitrogens with one attached hydrogen (secondary N) is 1. The summed E-state index contributed by atoms with van der Waals surface area (Å²) in [7, 11) is 0. The smallest absolute Gasteiger partial charge is 0.407 e. The van der Waals surface area contributed by atoms with Crippen molar-refractivity contribution in [3.05, 3.63) is 35.9 Å². The number of carbonyl (C=O) groups excluding carboxylic acids is 2. The second-order valence-electron chi connectivity index (χ2n) is 5.28. The molecular formula is C15H21NO3S. The van der Waals surface area contributed by atoms with Gasteiger partial charge in [-0.1, -0.05) is 42.1 Å². The molecule has 4 nitrogen and oxygen atoms in total. The molecule has 20 heavy (non-hydrogen) atoms. The summed E-state index contributed by atoms with van der Waals surface area (Å²) < 4.78 is 5.11. The Morgan fingerprint density at radius 2 is 1.85 bits per heavy atom. The highest BCUT2D eigenvalue weighted by molar-refractivity contribution is 8.14. The average molecular weight is 295 g/mol. The van der Waals surface area contributed by atoms with Crippen LogP contribution in [0.4, 0.5) is 4.79 Å². The number of carbonyl (C=O) groups is 2. The van der Waals surface area contributed by atoms with Gasteiger partial charge in [0.05, 0.1) is 0 Å². The summed E-state index contributed by atoms with van der Waals surface area (Å²) in [5.74, 6) is 0.670. The number of amides is 1. The van der Waals surface area contributed by atoms with Gasteiger partial charge in [0, 0.05) is 17.9 Å². The lowest BCUT2D eigenvalue weighted by Crippen LogP contribution is -2.33. The molecule has 0 radical (unpaired) electrons. The van der Waals surface area contributed by atoms with E-state index in [1.165, 1.54) is 11.8 Å². The van der Waals surface area contributed by atoms with Crippen molar-refractivity contribution >= 4 is 23.0 Å². The maximum atomic E-state index is 11.8. The largest absolute Gasteiger partial charge is 0.444 e. The highest BCUT2D eigenvalue weighted by atomic mass is 32.2. The molecule has 1 aromatic rings. The molecule has 0 saturated carbocycles. The van der Waals surface area contributed by atoms with E-state index in [4.69, 9.17) is 4.74 Å². The maximum Gasteiger partial charge on any atom is 0.407 e. The average Bonchev–Trinajstić information content (AvgIpc) is 2.37. The summed E-state index contributed by atoms with van der Waals surface area (Å²) >= 11 is 1.26. The van der Waals surface area contributed by atoms with Gasteiger partial charge < -0.3 is 10.1 Å². The Hall–Kier alpha value is -1.49. The summed E-state index contributed by atoms with van der Waals surface area (Å²) in [5, 5.41) is 2.73. The van der Waals surface area contributed by atoms with Crippen LogP contribution < -0.4 is 5.32 Å². The topological polar surface area (TPSA) is 55.4 Å². The fraction of sp³-hybridized carbons (Fsp3) is 0.467. The molecule has 0 aliphatic carbocycles. The normalized spacial score (nSPS) is 10.9. The Morgan fingerprint density at radius 3 is 2.45 bits per heavy atom. The quantitative estimate of drug-likeness (QED) is 0.845. The summed E-state index contributed by atoms with van der Waals surface area (Å²) in [6, 6.07) is 9.17. The van der Waals surface area contributed by atoms with Gasteiger partial charge in [0.15, 0.2) is 0 Å². The van der Waals surface area contributed by atoms with Crippen LogP contribution >= 0.6 is 11.8 Å². The van der Waals surface area contributed by atoms with E-state index in [0.717, 1.165) is 6.42 Å². The van der Waals surface area contributed by atoms with Gasteiger partial charge in [-0.2, -0.15) is 0 Å². The van der Waals surface area contributed by atoms with Gasteiger partial charge in [-0.15, -0.1) is 0 Å². The molecule has 0 aromatic heterocycles. The van der Waals surface area contributed by atoms with Crippen molar-refractivity contribution in [1.29, 1.82) is 0 Å². The zero-order chi connectivity index (χ0) is 15.0. The van der Waals surface area contributed by atoms with Crippen LogP contribution in [0.15, 0.2) is 30.3 Å². The Kier molecular flexibility index (Phi) is 6.58. The van der Waals surface area contributed by atoms with Crippen molar-refractivity contribution in [1.82, 2.24) is 5.32 Å². The van der Waals surface area contributed by atoms with Crippen molar-refractivity contribution < 1.29 is 14.3 Å². The molecular weight excluding hydrogens is 274 g/mol. The molecule has 0 heterocycles. The van der Waals surface area contributed by atoms with Crippen LogP contribution in [0.25, 0.3) is 0 Å². The fourth-order valence-electron chi connectivity index (χ4n) is 1.40. The third-order valence-electron chi connectivity index (χ3n) is 2.23. The van der Waals surface area contributed by atoms with Crippen LogP contribution in [0.3, 0.4) is 0 Å². The number of hydrogen-bond donors (Lipinski definition) is 1. The molecule has 0 unspecified atom stereocenters. The second-order valence-corrected chi connectivity index (χ2v) is 6.35. The van der Waals surface area contributed by atoms with Gasteiger partial charge in [-0.3, -0.25) is 4.79 Å². The molecule has 0 bridgehead atoms. The second kappa shape index (κ2) is 7.94. The zero-order valence-corrected chi connectivity index (χ0v) is 13.0. The van der Waals surface area contributed by atoms with Crippen LogP contribution in [0, 0.1) is 0 Å². The Morgan fingerprint density at radius 1 is 1.20 bits per heavy atom. The minimum Gasteiger partial charge on any atom is -0.444 e. The molecule has 0 aliphatic rings. The molecule has 1 rings (SSSR count). The number of ether oxygens (including phenoxy) is 1. The van der Waals surface area contributed by atoms with Crippen molar-refractivity contribution in [2.24, 2.45) is 0 Å². The summed E-state index contributed by atoms with van der Waals surface area (Å²) in [4.78, 5) is 23.2. The standard InChI is InChI=1S/C15H21NO3S/c1-15(2,3)19-14(18)16-10-7-11-20-13(17)12-8-5-4-6-9-12/h4-6,8-9H,7,10-11H2,1-3H3,(H,16,18). The highest BCUT2D eigenvalue weighted by Crippen LogP contribution is 2.12. The van der Waals surface area contributed by atoms with Gasteiger partial charge in [-0.05, 0) is 27.2 Å². The summed E-state index contributed by atoms with van der Waals surface area (Å²) in [5.41, 5.74) is 0.222. The summed E-state index contributed by atoms with van der Waals surface area (Å²) in [6.45, 7) is 5.97. The molecule has 1 aromatic carbocycles. The Labute approximate surface area is 124 Å². The third-order valence-corrected chi connectivity index (χ3v) is 3.22. The molecule has 0 spiro atoms. The predicted molar refractivity (Wildman–Crippen MR) is 82.1 cm³/mol. The Bertz CT molecular complexity index is 440. The van der Waals surface area contributed by atoms with Crippen molar-refractivity contribution in [3.8, 4) is 0 Å². The van der Waals surface area contributed by atoms with E-state index in [2.05, 4.69) is 5.32 Å². The van der Waals surface area contributed by atoms with Gasteiger partial charge in [-0.25, -0.2) is 4.79 Å². The molecule has 110 valence electrons. The SMILES string of the molecule is CC(C)(C)OC(=O)NCCCSC(=O)c1ccccc1. The monoisotopic (exact) mass is 295 g/mol. The number of benzene rings is 1. The number of thioether (sulfide) groups is 1. The molecule has 0 atom stereocenters.